The highest BCUT2D eigenvalue weighted by atomic mass is 35.5. The third kappa shape index (κ3) is 1.89. The highest BCUT2D eigenvalue weighted by Crippen LogP contribution is 2.26. The number of nitrogens with two attached hydrogens (primary N) is 1. The van der Waals surface area contributed by atoms with E-state index in [1.54, 1.807) is 0 Å². The van der Waals surface area contributed by atoms with E-state index in [0.717, 1.165) is 22.6 Å². The number of hydrogen-bond acceptors (Lipinski definition) is 3. The van der Waals surface area contributed by atoms with Gasteiger partial charge in [-0.15, -0.1) is 0 Å². The maximum atomic E-state index is 5.97. The highest BCUT2D eigenvalue weighted by Gasteiger charge is 2.08. The number of benzene rings is 1. The predicted molar refractivity (Wildman–Crippen MR) is 59.6 cm³/mol. The van der Waals surface area contributed by atoms with E-state index in [0.29, 0.717) is 11.6 Å². The molecule has 0 saturated heterocycles. The monoisotopic (exact) mass is 222 g/mol. The Morgan fingerprint density at radius 2 is 2.27 bits per heavy atom. The topological polar surface area (TPSA) is 52.0 Å². The number of rotatable bonds is 2. The Kier molecular flexibility index (Phi) is 2.75. The molecule has 0 amide bonds. The number of aryl methyl sites for hydroxylation is 1. The highest BCUT2D eigenvalue weighted by molar-refractivity contribution is 6.31. The average Bonchev–Trinajstić information content (AvgIpc) is 2.65. The number of aromatic nitrogens is 1. The fourth-order valence-electron chi connectivity index (χ4n) is 1.46. The van der Waals surface area contributed by atoms with Gasteiger partial charge in [-0.05, 0) is 24.6 Å². The normalized spacial score (nSPS) is 10.6. The molecule has 0 radical (unpaired) electrons. The summed E-state index contributed by atoms with van der Waals surface area (Å²) in [4.78, 5) is 4.14. The zero-order valence-corrected chi connectivity index (χ0v) is 9.08. The molecule has 0 bridgehead atoms. The van der Waals surface area contributed by atoms with E-state index in [1.807, 2.05) is 25.1 Å². The van der Waals surface area contributed by atoms with Crippen molar-refractivity contribution in [1.29, 1.82) is 0 Å². The van der Waals surface area contributed by atoms with E-state index >= 15 is 0 Å². The molecule has 0 spiro atoms. The Labute approximate surface area is 92.9 Å². The SMILES string of the molecule is Cc1ocnc1-c1ccc(Cl)c(CN)c1. The van der Waals surface area contributed by atoms with Crippen LogP contribution in [0.5, 0.6) is 0 Å². The lowest BCUT2D eigenvalue weighted by atomic mass is 10.1. The second-order valence-corrected chi connectivity index (χ2v) is 3.67. The minimum atomic E-state index is 0.420. The quantitative estimate of drug-likeness (QED) is 0.850. The number of hydrogen-bond donors (Lipinski definition) is 1. The molecule has 0 fully saturated rings. The summed E-state index contributed by atoms with van der Waals surface area (Å²) in [5.74, 6) is 0.792. The Balaban J connectivity index is 2.51. The Morgan fingerprint density at radius 1 is 1.47 bits per heavy atom. The summed E-state index contributed by atoms with van der Waals surface area (Å²) in [5.41, 5.74) is 8.31. The van der Waals surface area contributed by atoms with Crippen LogP contribution in [0, 0.1) is 6.92 Å². The van der Waals surface area contributed by atoms with Crippen molar-refractivity contribution >= 4 is 11.6 Å². The van der Waals surface area contributed by atoms with Gasteiger partial charge in [-0.3, -0.25) is 0 Å². The maximum absolute atomic E-state index is 5.97. The first-order chi connectivity index (χ1) is 7.22. The zero-order valence-electron chi connectivity index (χ0n) is 8.33. The molecule has 0 aliphatic rings. The largest absolute Gasteiger partial charge is 0.448 e. The van der Waals surface area contributed by atoms with Crippen molar-refractivity contribution in [3.63, 3.8) is 0 Å². The van der Waals surface area contributed by atoms with Crippen LogP contribution < -0.4 is 5.73 Å². The van der Waals surface area contributed by atoms with Gasteiger partial charge in [0.1, 0.15) is 11.5 Å². The first kappa shape index (κ1) is 10.2. The van der Waals surface area contributed by atoms with E-state index in [2.05, 4.69) is 4.98 Å². The van der Waals surface area contributed by atoms with E-state index in [-0.39, 0.29) is 0 Å². The number of nitrogens with zero attached hydrogens (tertiary/aromatic N) is 1. The van der Waals surface area contributed by atoms with Crippen LogP contribution in [0.15, 0.2) is 29.0 Å². The summed E-state index contributed by atoms with van der Waals surface area (Å²) in [6.07, 6.45) is 1.43. The van der Waals surface area contributed by atoms with Gasteiger partial charge in [0.05, 0.1) is 0 Å². The molecule has 0 unspecified atom stereocenters. The van der Waals surface area contributed by atoms with Crippen molar-refractivity contribution in [2.24, 2.45) is 5.73 Å². The standard InChI is InChI=1S/C11H11ClN2O/c1-7-11(14-6-15-7)8-2-3-10(12)9(4-8)5-13/h2-4,6H,5,13H2,1H3. The molecule has 1 heterocycles. The van der Waals surface area contributed by atoms with Crippen LogP contribution >= 0.6 is 11.6 Å². The Bertz CT molecular complexity index is 479. The summed E-state index contributed by atoms with van der Waals surface area (Å²) in [7, 11) is 0. The first-order valence-electron chi connectivity index (χ1n) is 4.61. The maximum Gasteiger partial charge on any atom is 0.181 e. The molecule has 15 heavy (non-hydrogen) atoms. The average molecular weight is 223 g/mol. The molecule has 0 aliphatic carbocycles. The van der Waals surface area contributed by atoms with E-state index in [9.17, 15) is 0 Å². The van der Waals surface area contributed by atoms with Crippen molar-refractivity contribution in [2.45, 2.75) is 13.5 Å². The van der Waals surface area contributed by atoms with Crippen LogP contribution in [0.2, 0.25) is 5.02 Å². The lowest BCUT2D eigenvalue weighted by molar-refractivity contribution is 0.527. The van der Waals surface area contributed by atoms with Gasteiger partial charge in [-0.2, -0.15) is 0 Å². The summed E-state index contributed by atoms with van der Waals surface area (Å²) in [6.45, 7) is 2.29. The van der Waals surface area contributed by atoms with E-state index in [1.165, 1.54) is 6.39 Å². The summed E-state index contributed by atoms with van der Waals surface area (Å²) >= 11 is 5.97. The lowest BCUT2D eigenvalue weighted by Crippen LogP contribution is -1.97. The van der Waals surface area contributed by atoms with Gasteiger partial charge in [-0.1, -0.05) is 17.7 Å². The van der Waals surface area contributed by atoms with Crippen LogP contribution in [0.4, 0.5) is 0 Å². The molecule has 4 heteroatoms. The summed E-state index contributed by atoms with van der Waals surface area (Å²) in [6, 6.07) is 5.67. The van der Waals surface area contributed by atoms with Gasteiger partial charge >= 0.3 is 0 Å². The van der Waals surface area contributed by atoms with Crippen LogP contribution in [-0.2, 0) is 6.54 Å². The number of halogens is 1. The van der Waals surface area contributed by atoms with Crippen molar-refractivity contribution < 1.29 is 4.42 Å². The summed E-state index contributed by atoms with van der Waals surface area (Å²) in [5, 5.41) is 0.683. The molecule has 1 aromatic heterocycles. The van der Waals surface area contributed by atoms with Crippen LogP contribution in [0.25, 0.3) is 11.3 Å². The van der Waals surface area contributed by atoms with Crippen LogP contribution in [0.1, 0.15) is 11.3 Å². The number of oxazole rings is 1. The minimum Gasteiger partial charge on any atom is -0.448 e. The lowest BCUT2D eigenvalue weighted by Gasteiger charge is -2.03. The molecule has 2 N–H and O–H groups in total. The molecule has 0 atom stereocenters. The summed E-state index contributed by atoms with van der Waals surface area (Å²) < 4.78 is 5.15. The van der Waals surface area contributed by atoms with Gasteiger partial charge in [0.2, 0.25) is 0 Å². The van der Waals surface area contributed by atoms with Gasteiger partial charge in [0, 0.05) is 17.1 Å². The van der Waals surface area contributed by atoms with Crippen molar-refractivity contribution in [3.8, 4) is 11.3 Å². The minimum absolute atomic E-state index is 0.420. The van der Waals surface area contributed by atoms with Crippen LogP contribution in [0.3, 0.4) is 0 Å². The predicted octanol–water partition coefficient (Wildman–Crippen LogP) is 2.76. The third-order valence-corrected chi connectivity index (χ3v) is 2.65. The molecule has 2 aromatic rings. The zero-order chi connectivity index (χ0) is 10.8. The van der Waals surface area contributed by atoms with Gasteiger partial charge in [0.25, 0.3) is 0 Å². The molecular weight excluding hydrogens is 212 g/mol. The second-order valence-electron chi connectivity index (χ2n) is 3.27. The molecule has 3 nitrogen and oxygen atoms in total. The second kappa shape index (κ2) is 4.04. The van der Waals surface area contributed by atoms with Gasteiger partial charge < -0.3 is 10.2 Å². The smallest absolute Gasteiger partial charge is 0.181 e. The van der Waals surface area contributed by atoms with Crippen molar-refractivity contribution in [2.75, 3.05) is 0 Å². The van der Waals surface area contributed by atoms with Crippen LogP contribution in [-0.4, -0.2) is 4.98 Å². The first-order valence-corrected chi connectivity index (χ1v) is 4.99. The Morgan fingerprint density at radius 3 is 2.87 bits per heavy atom. The fourth-order valence-corrected chi connectivity index (χ4v) is 1.66. The van der Waals surface area contributed by atoms with E-state index in [4.69, 9.17) is 21.8 Å². The van der Waals surface area contributed by atoms with Crippen molar-refractivity contribution in [3.05, 3.63) is 40.9 Å². The van der Waals surface area contributed by atoms with Gasteiger partial charge in [-0.25, -0.2) is 4.98 Å². The molecule has 1 aromatic carbocycles. The third-order valence-electron chi connectivity index (χ3n) is 2.28. The molecule has 78 valence electrons. The van der Waals surface area contributed by atoms with Gasteiger partial charge in [0.15, 0.2) is 6.39 Å². The molecule has 0 aliphatic heterocycles. The Hall–Kier alpha value is -1.32. The van der Waals surface area contributed by atoms with Crippen molar-refractivity contribution in [1.82, 2.24) is 4.98 Å². The molecular formula is C11H11ClN2O. The molecule has 2 rings (SSSR count). The van der Waals surface area contributed by atoms with E-state index < -0.39 is 0 Å². The molecule has 0 saturated carbocycles. The fraction of sp³-hybridized carbons (Fsp3) is 0.182.